The maximum Gasteiger partial charge on any atom is 0.430 e. The van der Waals surface area contributed by atoms with E-state index in [2.05, 4.69) is 0 Å². The Hall–Kier alpha value is -4.32. The van der Waals surface area contributed by atoms with Crippen LogP contribution in [-0.2, 0) is 11.2 Å². The molecule has 0 aromatic heterocycles. The minimum absolute atomic E-state index is 0.000865. The van der Waals surface area contributed by atoms with E-state index >= 15 is 0 Å². The molecule has 0 aliphatic rings. The van der Waals surface area contributed by atoms with Crippen LogP contribution in [0, 0.1) is 5.41 Å². The summed E-state index contributed by atoms with van der Waals surface area (Å²) in [5, 5.41) is 20.7. The Labute approximate surface area is 307 Å². The number of ether oxygens (including phenoxy) is 2. The quantitative estimate of drug-likeness (QED) is 0.0820. The Morgan fingerprint density at radius 1 is 0.564 bits per heavy atom. The molecule has 304 valence electrons. The molecule has 0 aliphatic carbocycles. The highest BCUT2D eigenvalue weighted by atomic mass is 19.4. The first-order valence-electron chi connectivity index (χ1n) is 16.4. The van der Waals surface area contributed by atoms with Crippen LogP contribution in [0.5, 0.6) is 11.5 Å². The monoisotopic (exact) mass is 804 g/mol. The highest BCUT2D eigenvalue weighted by molar-refractivity contribution is 6.02. The molecule has 3 rings (SSSR count). The van der Waals surface area contributed by atoms with Crippen molar-refractivity contribution in [3.8, 4) is 22.6 Å². The van der Waals surface area contributed by atoms with E-state index in [0.29, 0.717) is 37.1 Å². The number of esters is 1. The first-order chi connectivity index (χ1) is 24.8. The second-order valence-corrected chi connectivity index (χ2v) is 13.6. The Morgan fingerprint density at radius 3 is 1.36 bits per heavy atom. The Balaban J connectivity index is 2.36. The fourth-order valence-corrected chi connectivity index (χ4v) is 5.33. The second kappa shape index (κ2) is 15.0. The summed E-state index contributed by atoms with van der Waals surface area (Å²) in [6, 6.07) is 6.49. The van der Waals surface area contributed by atoms with Crippen molar-refractivity contribution in [2.24, 2.45) is 5.41 Å². The molecule has 0 saturated heterocycles. The third-order valence-electron chi connectivity index (χ3n) is 9.62. The van der Waals surface area contributed by atoms with Crippen molar-refractivity contribution in [2.75, 3.05) is 0 Å². The molecule has 0 bridgehead atoms. The molecule has 3 aromatic carbocycles. The summed E-state index contributed by atoms with van der Waals surface area (Å²) >= 11 is 0. The van der Waals surface area contributed by atoms with Gasteiger partial charge in [0, 0.05) is 22.1 Å². The molecule has 0 aliphatic heterocycles. The first kappa shape index (κ1) is 45.1. The molecular weight excluding hydrogens is 768 g/mol. The second-order valence-electron chi connectivity index (χ2n) is 13.6. The summed E-state index contributed by atoms with van der Waals surface area (Å²) in [7, 11) is 0. The lowest BCUT2D eigenvalue weighted by molar-refractivity contribution is -0.377. The largest absolute Gasteiger partial charge is 0.487 e. The minimum atomic E-state index is -6.62. The molecule has 55 heavy (non-hydrogen) atoms. The number of hydrogen-bond acceptors (Lipinski definition) is 6. The predicted molar refractivity (Wildman–Crippen MR) is 173 cm³/mol. The van der Waals surface area contributed by atoms with Crippen LogP contribution >= 0.6 is 0 Å². The van der Waals surface area contributed by atoms with E-state index in [1.807, 2.05) is 0 Å². The maximum atomic E-state index is 14.3. The van der Waals surface area contributed by atoms with E-state index in [0.717, 1.165) is 12.1 Å². The summed E-state index contributed by atoms with van der Waals surface area (Å²) in [4.78, 5) is 26.4. The van der Waals surface area contributed by atoms with E-state index in [4.69, 9.17) is 9.47 Å². The van der Waals surface area contributed by atoms with Gasteiger partial charge in [0.25, 0.3) is 11.2 Å². The van der Waals surface area contributed by atoms with Gasteiger partial charge in [-0.25, -0.2) is 4.79 Å². The first-order valence-corrected chi connectivity index (χ1v) is 16.4. The van der Waals surface area contributed by atoms with Gasteiger partial charge in [-0.2, -0.15) is 52.7 Å². The maximum absolute atomic E-state index is 14.3. The topological polar surface area (TPSA) is 93.1 Å². The SMILES string of the molecule is CCC(C)(C)Oc1ccc(-c2ccc(OC(=O)c3cccc(C(=O)C(C)(CC)CC)c3)c(C(O)(C(F)(F)F)C(F)(F)F)c2)cc1C(O)(C(F)(F)F)C(F)(F)F. The number of alkyl halides is 12. The van der Waals surface area contributed by atoms with Gasteiger partial charge >= 0.3 is 30.7 Å². The highest BCUT2D eigenvalue weighted by Gasteiger charge is 2.73. The van der Waals surface area contributed by atoms with Gasteiger partial charge in [0.05, 0.1) is 5.56 Å². The lowest BCUT2D eigenvalue weighted by Crippen LogP contribution is -2.54. The lowest BCUT2D eigenvalue weighted by atomic mass is 9.77. The van der Waals surface area contributed by atoms with Crippen LogP contribution in [0.4, 0.5) is 52.7 Å². The zero-order chi connectivity index (χ0) is 42.4. The van der Waals surface area contributed by atoms with Gasteiger partial charge in [-0.15, -0.1) is 0 Å². The molecule has 6 nitrogen and oxygen atoms in total. The van der Waals surface area contributed by atoms with Crippen molar-refractivity contribution in [3.63, 3.8) is 0 Å². The number of carbonyl (C=O) groups excluding carboxylic acids is 2. The van der Waals surface area contributed by atoms with Crippen LogP contribution in [0.1, 0.15) is 92.6 Å². The fraction of sp³-hybridized carbons (Fsp3) is 0.459. The van der Waals surface area contributed by atoms with Crippen molar-refractivity contribution in [3.05, 3.63) is 82.9 Å². The average Bonchev–Trinajstić information content (AvgIpc) is 3.08. The van der Waals surface area contributed by atoms with Crippen molar-refractivity contribution < 1.29 is 82.0 Å². The summed E-state index contributed by atoms with van der Waals surface area (Å²) in [5.41, 5.74) is -20.6. The minimum Gasteiger partial charge on any atom is -0.487 e. The standard InChI is InChI=1S/C37H36F12O6/c1-7-30(4,5)55-27-16-14-21(19-25(27)33(53,36(44,45)46)37(47,48)49)20-13-15-26(24(18-20)32(52,34(38,39)40)35(41,42)43)54-29(51)23-12-10-11-22(17-23)28(50)31(6,8-2)9-3/h10-19,52-53H,7-9H2,1-6H3. The summed E-state index contributed by atoms with van der Waals surface area (Å²) in [6.07, 6.45) is -25.5. The van der Waals surface area contributed by atoms with Crippen molar-refractivity contribution >= 4 is 11.8 Å². The van der Waals surface area contributed by atoms with Gasteiger partial charge in [-0.1, -0.05) is 52.0 Å². The zero-order valence-corrected chi connectivity index (χ0v) is 30.0. The van der Waals surface area contributed by atoms with Gasteiger partial charge < -0.3 is 19.7 Å². The predicted octanol–water partition coefficient (Wildman–Crippen LogP) is 10.8. The summed E-state index contributed by atoms with van der Waals surface area (Å²) in [6.45, 7) is 9.07. The third kappa shape index (κ3) is 8.44. The molecule has 3 aromatic rings. The molecule has 0 radical (unpaired) electrons. The number of benzene rings is 3. The van der Waals surface area contributed by atoms with Gasteiger partial charge in [0.15, 0.2) is 5.78 Å². The Bertz CT molecular complexity index is 1860. The van der Waals surface area contributed by atoms with E-state index < -0.39 is 98.0 Å². The Morgan fingerprint density at radius 2 is 0.964 bits per heavy atom. The number of carbonyl (C=O) groups is 2. The van der Waals surface area contributed by atoms with E-state index in [1.165, 1.54) is 32.9 Å². The van der Waals surface area contributed by atoms with Crippen molar-refractivity contribution in [1.82, 2.24) is 0 Å². The molecular formula is C37H36F12O6. The molecule has 18 heteroatoms. The van der Waals surface area contributed by atoms with Gasteiger partial charge in [0.2, 0.25) is 0 Å². The van der Waals surface area contributed by atoms with Crippen LogP contribution < -0.4 is 9.47 Å². The van der Waals surface area contributed by atoms with Crippen molar-refractivity contribution in [2.45, 2.75) is 102 Å². The number of halogens is 12. The summed E-state index contributed by atoms with van der Waals surface area (Å²) < 4.78 is 180. The number of rotatable bonds is 12. The molecule has 0 saturated carbocycles. The number of Topliss-reactive ketones (excluding diaryl/α,β-unsaturated/α-hetero) is 1. The van der Waals surface area contributed by atoms with E-state index in [1.54, 1.807) is 20.8 Å². The molecule has 0 unspecified atom stereocenters. The number of hydrogen-bond donors (Lipinski definition) is 2. The average molecular weight is 805 g/mol. The number of aliphatic hydroxyl groups is 2. The van der Waals surface area contributed by atoms with Crippen LogP contribution in [0.2, 0.25) is 0 Å². The van der Waals surface area contributed by atoms with Crippen LogP contribution in [0.15, 0.2) is 60.7 Å². The normalized spacial score (nSPS) is 13.8. The smallest absolute Gasteiger partial charge is 0.430 e. The molecule has 0 heterocycles. The van der Waals surface area contributed by atoms with Crippen LogP contribution in [0.25, 0.3) is 11.1 Å². The lowest BCUT2D eigenvalue weighted by Gasteiger charge is -2.36. The molecule has 0 fully saturated rings. The molecule has 0 spiro atoms. The van der Waals surface area contributed by atoms with E-state index in [9.17, 15) is 72.5 Å². The number of ketones is 1. The third-order valence-corrected chi connectivity index (χ3v) is 9.62. The molecule has 2 N–H and O–H groups in total. The zero-order valence-electron chi connectivity index (χ0n) is 30.0. The fourth-order valence-electron chi connectivity index (χ4n) is 5.33. The van der Waals surface area contributed by atoms with Gasteiger partial charge in [-0.3, -0.25) is 4.79 Å². The highest BCUT2D eigenvalue weighted by Crippen LogP contribution is 2.55. The van der Waals surface area contributed by atoms with Crippen molar-refractivity contribution in [1.29, 1.82) is 0 Å². The summed E-state index contributed by atoms with van der Waals surface area (Å²) in [5.74, 6) is -4.80. The Kier molecular flexibility index (Phi) is 12.3. The van der Waals surface area contributed by atoms with E-state index in [-0.39, 0.29) is 24.1 Å². The van der Waals surface area contributed by atoms with Crippen LogP contribution in [0.3, 0.4) is 0 Å². The molecule has 0 amide bonds. The molecule has 0 atom stereocenters. The van der Waals surface area contributed by atoms with Crippen LogP contribution in [-0.4, -0.2) is 52.3 Å². The van der Waals surface area contributed by atoms with Gasteiger partial charge in [-0.05, 0) is 80.6 Å². The van der Waals surface area contributed by atoms with Gasteiger partial charge in [0.1, 0.15) is 17.1 Å².